The highest BCUT2D eigenvalue weighted by Gasteiger charge is 2.52. The zero-order valence-electron chi connectivity index (χ0n) is 21.6. The van der Waals surface area contributed by atoms with Gasteiger partial charge in [-0.25, -0.2) is 14.0 Å². The first-order valence-electron chi connectivity index (χ1n) is 12.1. The van der Waals surface area contributed by atoms with Crippen molar-refractivity contribution in [1.82, 2.24) is 10.2 Å². The summed E-state index contributed by atoms with van der Waals surface area (Å²) in [5.74, 6) is -6.09. The van der Waals surface area contributed by atoms with Crippen LogP contribution in [0.1, 0.15) is 44.4 Å². The molecule has 1 aliphatic rings. The second-order valence-electron chi connectivity index (χ2n) is 10.1. The van der Waals surface area contributed by atoms with Crippen molar-refractivity contribution in [1.29, 1.82) is 0 Å². The number of carboxylic acids is 2. The molecule has 0 bridgehead atoms. The van der Waals surface area contributed by atoms with Gasteiger partial charge in [-0.05, 0) is 51.0 Å². The van der Waals surface area contributed by atoms with Gasteiger partial charge in [0.05, 0.1) is 24.9 Å². The van der Waals surface area contributed by atoms with Crippen LogP contribution in [0.4, 0.5) is 14.9 Å². The number of urea groups is 1. The number of carbonyl (C=O) groups excluding carboxylic acids is 3. The second kappa shape index (κ2) is 11.9. The van der Waals surface area contributed by atoms with Gasteiger partial charge in [-0.1, -0.05) is 30.3 Å². The zero-order chi connectivity index (χ0) is 28.9. The highest BCUT2D eigenvalue weighted by molar-refractivity contribution is 5.94. The molecule has 1 aliphatic heterocycles. The van der Waals surface area contributed by atoms with E-state index >= 15 is 0 Å². The fourth-order valence-corrected chi connectivity index (χ4v) is 4.45. The van der Waals surface area contributed by atoms with Crippen molar-refractivity contribution in [3.63, 3.8) is 0 Å². The van der Waals surface area contributed by atoms with E-state index in [9.17, 15) is 33.5 Å². The van der Waals surface area contributed by atoms with Crippen molar-refractivity contribution < 1.29 is 43.3 Å². The van der Waals surface area contributed by atoms with E-state index in [0.717, 1.165) is 11.0 Å². The molecule has 0 aliphatic carbocycles. The van der Waals surface area contributed by atoms with Crippen LogP contribution in [0.15, 0.2) is 48.5 Å². The molecule has 3 amide bonds. The molecule has 1 fully saturated rings. The molecule has 1 saturated heterocycles. The van der Waals surface area contributed by atoms with Gasteiger partial charge in [0.15, 0.2) is 0 Å². The van der Waals surface area contributed by atoms with Gasteiger partial charge in [0.2, 0.25) is 5.91 Å². The largest absolute Gasteiger partial charge is 0.481 e. The summed E-state index contributed by atoms with van der Waals surface area (Å²) in [5.41, 5.74) is -0.291. The molecule has 0 aromatic heterocycles. The van der Waals surface area contributed by atoms with Crippen LogP contribution in [-0.2, 0) is 30.3 Å². The Morgan fingerprint density at radius 1 is 1.05 bits per heavy atom. The van der Waals surface area contributed by atoms with Crippen molar-refractivity contribution in [3.8, 4) is 0 Å². The van der Waals surface area contributed by atoms with Crippen LogP contribution < -0.4 is 10.6 Å². The van der Waals surface area contributed by atoms with Gasteiger partial charge >= 0.3 is 23.9 Å². The Bertz CT molecular complexity index is 1280. The first kappa shape index (κ1) is 29.1. The maximum Gasteiger partial charge on any atom is 0.329 e. The van der Waals surface area contributed by atoms with Gasteiger partial charge in [-0.15, -0.1) is 0 Å². The van der Waals surface area contributed by atoms with Crippen LogP contribution in [-0.4, -0.2) is 63.1 Å². The molecule has 3 unspecified atom stereocenters. The summed E-state index contributed by atoms with van der Waals surface area (Å²) in [6.45, 7) is 4.21. The molecule has 0 spiro atoms. The molecular weight excluding hydrogens is 513 g/mol. The fourth-order valence-electron chi connectivity index (χ4n) is 4.45. The van der Waals surface area contributed by atoms with Crippen LogP contribution in [0, 0.1) is 11.7 Å². The first-order chi connectivity index (χ1) is 18.3. The molecule has 4 N–H and O–H groups in total. The number of ether oxygens (including phenoxy) is 1. The number of nitrogens with one attached hydrogen (secondary N) is 2. The van der Waals surface area contributed by atoms with Gasteiger partial charge in [0.1, 0.15) is 17.5 Å². The number of carboxylic acid groups (broad SMARTS) is 2. The molecule has 39 heavy (non-hydrogen) atoms. The van der Waals surface area contributed by atoms with Crippen LogP contribution in [0.5, 0.6) is 0 Å². The normalized spacial score (nSPS) is 18.8. The summed E-state index contributed by atoms with van der Waals surface area (Å²) in [6.07, 6.45) is -0.559. The molecule has 1 heterocycles. The topological polar surface area (TPSA) is 162 Å². The first-order valence-corrected chi connectivity index (χ1v) is 12.1. The number of esters is 1. The lowest BCUT2D eigenvalue weighted by atomic mass is 9.93. The zero-order valence-corrected chi connectivity index (χ0v) is 21.6. The lowest BCUT2D eigenvalue weighted by molar-refractivity contribution is -0.164. The number of nitrogens with zero attached hydrogens (tertiary/aromatic N) is 1. The molecule has 0 radical (unpaired) electrons. The fraction of sp³-hybridized carbons (Fsp3) is 0.370. The third-order valence-corrected chi connectivity index (χ3v) is 5.94. The van der Waals surface area contributed by atoms with E-state index in [0.29, 0.717) is 5.56 Å². The van der Waals surface area contributed by atoms with E-state index in [1.54, 1.807) is 32.9 Å². The number of aliphatic carboxylic acids is 2. The lowest BCUT2D eigenvalue weighted by Gasteiger charge is -2.32. The van der Waals surface area contributed by atoms with Crippen molar-refractivity contribution >= 4 is 35.5 Å². The van der Waals surface area contributed by atoms with Crippen molar-refractivity contribution in [2.45, 2.75) is 51.3 Å². The number of carbonyl (C=O) groups is 5. The monoisotopic (exact) mass is 543 g/mol. The third kappa shape index (κ3) is 7.53. The Morgan fingerprint density at radius 3 is 2.36 bits per heavy atom. The van der Waals surface area contributed by atoms with Gasteiger partial charge in [-0.3, -0.25) is 14.4 Å². The van der Waals surface area contributed by atoms with Crippen LogP contribution >= 0.6 is 0 Å². The van der Waals surface area contributed by atoms with Crippen LogP contribution in [0.3, 0.4) is 0 Å². The standard InChI is InChI=1S/C27H30FN3O8/c1-27(2,3)39-25(37)20-13-18(24(35)36)23(17-9-4-5-10-19(17)28)31(20)21(32)14-29-26(38)30-16-8-6-7-15(11-16)12-22(33)34/h4-11,18,20,23H,12-14H2,1-3H3,(H,33,34)(H,35,36)(H2,29,30,38). The Balaban J connectivity index is 1.84. The Morgan fingerprint density at radius 2 is 1.74 bits per heavy atom. The van der Waals surface area contributed by atoms with Gasteiger partial charge < -0.3 is 30.5 Å². The number of anilines is 1. The average Bonchev–Trinajstić information content (AvgIpc) is 3.23. The highest BCUT2D eigenvalue weighted by atomic mass is 19.1. The van der Waals surface area contributed by atoms with Crippen LogP contribution in [0.2, 0.25) is 0 Å². The second-order valence-corrected chi connectivity index (χ2v) is 10.1. The molecule has 11 nitrogen and oxygen atoms in total. The summed E-state index contributed by atoms with van der Waals surface area (Å²) in [5, 5.41) is 23.7. The summed E-state index contributed by atoms with van der Waals surface area (Å²) in [7, 11) is 0. The van der Waals surface area contributed by atoms with Gasteiger partial charge in [0.25, 0.3) is 0 Å². The van der Waals surface area contributed by atoms with E-state index in [2.05, 4.69) is 10.6 Å². The molecule has 12 heteroatoms. The molecule has 0 saturated carbocycles. The summed E-state index contributed by atoms with van der Waals surface area (Å²) >= 11 is 0. The van der Waals surface area contributed by atoms with E-state index in [1.165, 1.54) is 30.3 Å². The smallest absolute Gasteiger partial charge is 0.329 e. The van der Waals surface area contributed by atoms with Crippen molar-refractivity contribution in [3.05, 3.63) is 65.5 Å². The number of likely N-dealkylation sites (tertiary alicyclic amines) is 1. The maximum absolute atomic E-state index is 14.8. The Kier molecular flexibility index (Phi) is 8.89. The lowest BCUT2D eigenvalue weighted by Crippen LogP contribution is -2.49. The van der Waals surface area contributed by atoms with Crippen molar-refractivity contribution in [2.75, 3.05) is 11.9 Å². The van der Waals surface area contributed by atoms with E-state index in [1.807, 2.05) is 0 Å². The summed E-state index contributed by atoms with van der Waals surface area (Å²) in [6, 6.07) is 8.03. The van der Waals surface area contributed by atoms with Crippen molar-refractivity contribution in [2.24, 2.45) is 5.92 Å². The molecule has 3 atom stereocenters. The number of halogens is 1. The predicted octanol–water partition coefficient (Wildman–Crippen LogP) is 2.96. The molecule has 2 aromatic rings. The third-order valence-electron chi connectivity index (χ3n) is 5.94. The minimum absolute atomic E-state index is 0.0796. The van der Waals surface area contributed by atoms with E-state index in [-0.39, 0.29) is 24.1 Å². The molecular formula is C27H30FN3O8. The van der Waals surface area contributed by atoms with Gasteiger partial charge in [-0.2, -0.15) is 0 Å². The SMILES string of the molecule is CC(C)(C)OC(=O)C1CC(C(=O)O)C(c2ccccc2F)N1C(=O)CNC(=O)Nc1cccc(CC(=O)O)c1. The van der Waals surface area contributed by atoms with E-state index < -0.39 is 65.8 Å². The Hall–Kier alpha value is -4.48. The average molecular weight is 544 g/mol. The van der Waals surface area contributed by atoms with E-state index in [4.69, 9.17) is 9.84 Å². The number of amides is 3. The molecule has 3 rings (SSSR count). The minimum Gasteiger partial charge on any atom is -0.481 e. The number of rotatable bonds is 8. The van der Waals surface area contributed by atoms with Gasteiger partial charge in [0, 0.05) is 11.3 Å². The molecule has 208 valence electrons. The minimum atomic E-state index is -1.33. The number of hydrogen-bond acceptors (Lipinski definition) is 6. The number of benzene rings is 2. The summed E-state index contributed by atoms with van der Waals surface area (Å²) < 4.78 is 20.2. The highest BCUT2D eigenvalue weighted by Crippen LogP contribution is 2.43. The number of hydrogen-bond donors (Lipinski definition) is 4. The quantitative estimate of drug-likeness (QED) is 0.370. The summed E-state index contributed by atoms with van der Waals surface area (Å²) in [4.78, 5) is 63.0. The predicted molar refractivity (Wildman–Crippen MR) is 136 cm³/mol. The van der Waals surface area contributed by atoms with Crippen LogP contribution in [0.25, 0.3) is 0 Å². The maximum atomic E-state index is 14.8. The molecule has 2 aromatic carbocycles. The Labute approximate surface area is 223 Å².